The Kier molecular flexibility index (Phi) is 5.90. The third kappa shape index (κ3) is 4.35. The van der Waals surface area contributed by atoms with Crippen LogP contribution in [0.5, 0.6) is 0 Å². The van der Waals surface area contributed by atoms with E-state index in [-0.39, 0.29) is 6.04 Å². The summed E-state index contributed by atoms with van der Waals surface area (Å²) in [5, 5.41) is 10.5. The van der Waals surface area contributed by atoms with Crippen molar-refractivity contribution in [3.05, 3.63) is 58.8 Å². The Balaban J connectivity index is 1.31. The summed E-state index contributed by atoms with van der Waals surface area (Å²) >= 11 is 1.62. The smallest absolute Gasteiger partial charge is 0.257 e. The van der Waals surface area contributed by atoms with Gasteiger partial charge in [0.05, 0.1) is 10.9 Å². The van der Waals surface area contributed by atoms with E-state index in [0.717, 1.165) is 37.6 Å². The molecule has 4 rings (SSSR count). The monoisotopic (exact) mass is 396 g/mol. The van der Waals surface area contributed by atoms with Crippen molar-refractivity contribution in [2.45, 2.75) is 39.3 Å². The van der Waals surface area contributed by atoms with E-state index in [9.17, 15) is 0 Å². The topological polar surface area (TPSA) is 45.4 Å². The second-order valence-corrected chi connectivity index (χ2v) is 8.75. The number of rotatable bonds is 6. The van der Waals surface area contributed by atoms with Crippen molar-refractivity contribution in [3.63, 3.8) is 0 Å². The van der Waals surface area contributed by atoms with Crippen LogP contribution >= 0.6 is 11.3 Å². The molecular weight excluding hydrogens is 368 g/mol. The fourth-order valence-electron chi connectivity index (χ4n) is 3.63. The third-order valence-corrected chi connectivity index (χ3v) is 6.40. The van der Waals surface area contributed by atoms with E-state index in [4.69, 9.17) is 4.42 Å². The maximum atomic E-state index is 5.93. The van der Waals surface area contributed by atoms with Gasteiger partial charge in [0, 0.05) is 32.7 Å². The summed E-state index contributed by atoms with van der Waals surface area (Å²) in [6.45, 7) is 11.8. The molecule has 2 aromatic heterocycles. The lowest BCUT2D eigenvalue weighted by Crippen LogP contribution is -2.46. The fourth-order valence-corrected chi connectivity index (χ4v) is 4.28. The zero-order chi connectivity index (χ0) is 19.5. The van der Waals surface area contributed by atoms with Gasteiger partial charge in [0.15, 0.2) is 0 Å². The zero-order valence-electron chi connectivity index (χ0n) is 16.8. The Morgan fingerprint density at radius 2 is 1.75 bits per heavy atom. The average molecular weight is 397 g/mol. The lowest BCUT2D eigenvalue weighted by atomic mass is 10.0. The van der Waals surface area contributed by atoms with Crippen molar-refractivity contribution >= 4 is 11.3 Å². The standard InChI is InChI=1S/C22H28N4OS/c1-16(2)19-8-6-18(7-9-19)15-25-10-12-26(13-11-25)17(3)21-23-24-22(27-21)20-5-4-14-28-20/h4-9,14,16-17H,10-13,15H2,1-3H3/t17-/m1/s1. The van der Waals surface area contributed by atoms with Gasteiger partial charge >= 0.3 is 0 Å². The summed E-state index contributed by atoms with van der Waals surface area (Å²) in [5.74, 6) is 1.92. The van der Waals surface area contributed by atoms with Crippen LogP contribution in [0.4, 0.5) is 0 Å². The molecule has 28 heavy (non-hydrogen) atoms. The molecule has 0 amide bonds. The molecule has 0 saturated carbocycles. The van der Waals surface area contributed by atoms with Crippen molar-refractivity contribution in [1.29, 1.82) is 0 Å². The molecule has 0 N–H and O–H groups in total. The lowest BCUT2D eigenvalue weighted by Gasteiger charge is -2.36. The highest BCUT2D eigenvalue weighted by atomic mass is 32.1. The minimum Gasteiger partial charge on any atom is -0.418 e. The minimum atomic E-state index is 0.147. The molecule has 0 spiro atoms. The molecule has 0 aliphatic carbocycles. The van der Waals surface area contributed by atoms with Gasteiger partial charge in [-0.3, -0.25) is 9.80 Å². The highest BCUT2D eigenvalue weighted by Crippen LogP contribution is 2.27. The molecule has 0 unspecified atom stereocenters. The zero-order valence-corrected chi connectivity index (χ0v) is 17.7. The van der Waals surface area contributed by atoms with E-state index in [0.29, 0.717) is 17.7 Å². The van der Waals surface area contributed by atoms with Crippen molar-refractivity contribution in [2.75, 3.05) is 26.2 Å². The van der Waals surface area contributed by atoms with E-state index in [2.05, 4.69) is 65.0 Å². The molecule has 5 nitrogen and oxygen atoms in total. The van der Waals surface area contributed by atoms with Gasteiger partial charge < -0.3 is 4.42 Å². The van der Waals surface area contributed by atoms with E-state index >= 15 is 0 Å². The summed E-state index contributed by atoms with van der Waals surface area (Å²) < 4.78 is 5.93. The van der Waals surface area contributed by atoms with Crippen LogP contribution in [0.3, 0.4) is 0 Å². The van der Waals surface area contributed by atoms with Crippen LogP contribution in [0.1, 0.15) is 49.7 Å². The number of piperazine rings is 1. The Morgan fingerprint density at radius 3 is 2.39 bits per heavy atom. The normalized spacial score (nSPS) is 17.3. The van der Waals surface area contributed by atoms with E-state index in [1.807, 2.05) is 17.5 Å². The van der Waals surface area contributed by atoms with Gasteiger partial charge in [-0.05, 0) is 35.4 Å². The minimum absolute atomic E-state index is 0.147. The first-order valence-electron chi connectivity index (χ1n) is 10.0. The Bertz CT molecular complexity index is 864. The quantitative estimate of drug-likeness (QED) is 0.599. The summed E-state index contributed by atoms with van der Waals surface area (Å²) in [4.78, 5) is 5.99. The summed E-state index contributed by atoms with van der Waals surface area (Å²) in [7, 11) is 0. The number of aromatic nitrogens is 2. The van der Waals surface area contributed by atoms with E-state index in [1.54, 1.807) is 11.3 Å². The predicted octanol–water partition coefficient (Wildman–Crippen LogP) is 4.80. The molecule has 1 aliphatic rings. The lowest BCUT2D eigenvalue weighted by molar-refractivity contribution is 0.0876. The van der Waals surface area contributed by atoms with Crippen LogP contribution < -0.4 is 0 Å². The first-order valence-corrected chi connectivity index (χ1v) is 10.9. The molecule has 0 radical (unpaired) electrons. The molecule has 1 atom stereocenters. The van der Waals surface area contributed by atoms with Crippen molar-refractivity contribution in [3.8, 4) is 10.8 Å². The number of nitrogens with zero attached hydrogens (tertiary/aromatic N) is 4. The SMILES string of the molecule is CC(C)c1ccc(CN2CCN([C@H](C)c3nnc(-c4cccs4)o3)CC2)cc1. The van der Waals surface area contributed by atoms with Gasteiger partial charge in [0.1, 0.15) is 0 Å². The van der Waals surface area contributed by atoms with Gasteiger partial charge in [-0.25, -0.2) is 0 Å². The summed E-state index contributed by atoms with van der Waals surface area (Å²) in [6, 6.07) is 13.2. The summed E-state index contributed by atoms with van der Waals surface area (Å²) in [5.41, 5.74) is 2.80. The first kappa shape index (κ1) is 19.3. The molecule has 1 saturated heterocycles. The number of hydrogen-bond acceptors (Lipinski definition) is 6. The average Bonchev–Trinajstić information content (AvgIpc) is 3.40. The van der Waals surface area contributed by atoms with Gasteiger partial charge in [-0.1, -0.05) is 44.2 Å². The molecule has 0 bridgehead atoms. The van der Waals surface area contributed by atoms with E-state index < -0.39 is 0 Å². The molecule has 1 aliphatic heterocycles. The molecule has 3 aromatic rings. The largest absolute Gasteiger partial charge is 0.418 e. The second-order valence-electron chi connectivity index (χ2n) is 7.81. The third-order valence-electron chi connectivity index (χ3n) is 5.54. The van der Waals surface area contributed by atoms with Crippen molar-refractivity contribution < 1.29 is 4.42 Å². The van der Waals surface area contributed by atoms with Gasteiger partial charge in [-0.2, -0.15) is 0 Å². The van der Waals surface area contributed by atoms with Crippen LogP contribution in [0.25, 0.3) is 10.8 Å². The molecule has 1 fully saturated rings. The summed E-state index contributed by atoms with van der Waals surface area (Å²) in [6.07, 6.45) is 0. The highest BCUT2D eigenvalue weighted by Gasteiger charge is 2.26. The van der Waals surface area contributed by atoms with Crippen LogP contribution in [-0.4, -0.2) is 46.2 Å². The maximum absolute atomic E-state index is 5.93. The van der Waals surface area contributed by atoms with Gasteiger partial charge in [0.2, 0.25) is 5.89 Å². The fraction of sp³-hybridized carbons (Fsp3) is 0.455. The van der Waals surface area contributed by atoms with Crippen LogP contribution in [0, 0.1) is 0 Å². The molecule has 6 heteroatoms. The Morgan fingerprint density at radius 1 is 1.00 bits per heavy atom. The second kappa shape index (κ2) is 8.55. The van der Waals surface area contributed by atoms with Crippen molar-refractivity contribution in [1.82, 2.24) is 20.0 Å². The van der Waals surface area contributed by atoms with Gasteiger partial charge in [-0.15, -0.1) is 21.5 Å². The number of benzene rings is 1. The van der Waals surface area contributed by atoms with Crippen LogP contribution in [-0.2, 0) is 6.54 Å². The molecule has 148 valence electrons. The molecular formula is C22H28N4OS. The van der Waals surface area contributed by atoms with E-state index in [1.165, 1.54) is 11.1 Å². The molecule has 3 heterocycles. The maximum Gasteiger partial charge on any atom is 0.257 e. The number of thiophene rings is 1. The van der Waals surface area contributed by atoms with Crippen LogP contribution in [0.15, 0.2) is 46.2 Å². The first-order chi connectivity index (χ1) is 13.6. The highest BCUT2D eigenvalue weighted by molar-refractivity contribution is 7.13. The number of hydrogen-bond donors (Lipinski definition) is 0. The molecule has 1 aromatic carbocycles. The van der Waals surface area contributed by atoms with Crippen molar-refractivity contribution in [2.24, 2.45) is 0 Å². The Hall–Kier alpha value is -2.02. The van der Waals surface area contributed by atoms with Gasteiger partial charge in [0.25, 0.3) is 5.89 Å². The Labute approximate surface area is 171 Å². The van der Waals surface area contributed by atoms with Crippen LogP contribution in [0.2, 0.25) is 0 Å². The predicted molar refractivity (Wildman–Crippen MR) is 113 cm³/mol.